The lowest BCUT2D eigenvalue weighted by molar-refractivity contribution is -0.143. The van der Waals surface area contributed by atoms with Gasteiger partial charge in [-0.15, -0.1) is 0 Å². The molecule has 1 heterocycles. The summed E-state index contributed by atoms with van der Waals surface area (Å²) >= 11 is 0.654. The maximum atomic E-state index is 13.7. The van der Waals surface area contributed by atoms with Gasteiger partial charge in [-0.1, -0.05) is 30.3 Å². The van der Waals surface area contributed by atoms with Gasteiger partial charge in [0.25, 0.3) is 11.8 Å². The number of rotatable bonds is 9. The van der Waals surface area contributed by atoms with Crippen LogP contribution in [-0.4, -0.2) is 41.2 Å². The number of primary amides is 1. The van der Waals surface area contributed by atoms with Crippen LogP contribution in [0.4, 0.5) is 15.8 Å². The molecule has 0 spiro atoms. The zero-order valence-corrected chi connectivity index (χ0v) is 19.4. The van der Waals surface area contributed by atoms with Gasteiger partial charge < -0.3 is 21.5 Å². The Kier molecular flexibility index (Phi) is 8.10. The number of ether oxygens (including phenoxy) is 1. The lowest BCUT2D eigenvalue weighted by atomic mass is 10.0. The number of aromatic nitrogens is 1. The average Bonchev–Trinajstić information content (AvgIpc) is 3.23. The van der Waals surface area contributed by atoms with Crippen LogP contribution in [-0.2, 0) is 14.3 Å². The van der Waals surface area contributed by atoms with Crippen molar-refractivity contribution in [3.63, 3.8) is 0 Å². The third-order valence-corrected chi connectivity index (χ3v) is 5.66. The SMILES string of the molecule is CCOC(=O)CNC(=O)[C@H](c1ccc(F)cc1)N(C(=O)c1snc(C(N)=O)c1N)c1ccccc1. The fourth-order valence-corrected chi connectivity index (χ4v) is 3.98. The number of para-hydroxylation sites is 1. The second-order valence-corrected chi connectivity index (χ2v) is 7.90. The van der Waals surface area contributed by atoms with Crippen LogP contribution in [0, 0.1) is 5.82 Å². The number of nitrogens with one attached hydrogen (secondary N) is 1. The van der Waals surface area contributed by atoms with Gasteiger partial charge >= 0.3 is 5.97 Å². The molecule has 12 heteroatoms. The van der Waals surface area contributed by atoms with Crippen molar-refractivity contribution < 1.29 is 28.3 Å². The van der Waals surface area contributed by atoms with Crippen molar-refractivity contribution in [1.82, 2.24) is 9.69 Å². The van der Waals surface area contributed by atoms with Gasteiger partial charge in [0, 0.05) is 5.69 Å². The van der Waals surface area contributed by atoms with E-state index in [0.717, 1.165) is 17.0 Å². The van der Waals surface area contributed by atoms with E-state index in [2.05, 4.69) is 9.69 Å². The minimum Gasteiger partial charge on any atom is -0.465 e. The maximum absolute atomic E-state index is 13.7. The molecule has 10 nitrogen and oxygen atoms in total. The van der Waals surface area contributed by atoms with Crippen LogP contribution in [0.3, 0.4) is 0 Å². The molecule has 182 valence electrons. The highest BCUT2D eigenvalue weighted by atomic mass is 32.1. The summed E-state index contributed by atoms with van der Waals surface area (Å²) in [5.41, 5.74) is 11.3. The molecule has 35 heavy (non-hydrogen) atoms. The Hall–Kier alpha value is -4.32. The van der Waals surface area contributed by atoms with E-state index in [1.54, 1.807) is 37.3 Å². The Morgan fingerprint density at radius 3 is 2.34 bits per heavy atom. The third-order valence-electron chi connectivity index (χ3n) is 4.81. The maximum Gasteiger partial charge on any atom is 0.325 e. The summed E-state index contributed by atoms with van der Waals surface area (Å²) in [5, 5.41) is 2.46. The normalized spacial score (nSPS) is 11.4. The van der Waals surface area contributed by atoms with E-state index in [1.807, 2.05) is 0 Å². The molecule has 0 radical (unpaired) electrons. The highest BCUT2D eigenvalue weighted by Crippen LogP contribution is 2.33. The first-order chi connectivity index (χ1) is 16.7. The van der Waals surface area contributed by atoms with E-state index >= 15 is 0 Å². The van der Waals surface area contributed by atoms with Crippen molar-refractivity contribution in [2.75, 3.05) is 23.8 Å². The number of amides is 3. The molecule has 2 aromatic carbocycles. The number of halogens is 1. The summed E-state index contributed by atoms with van der Waals surface area (Å²) in [6.45, 7) is 1.30. The smallest absolute Gasteiger partial charge is 0.325 e. The van der Waals surface area contributed by atoms with Gasteiger partial charge in [-0.2, -0.15) is 4.37 Å². The zero-order valence-electron chi connectivity index (χ0n) is 18.6. The van der Waals surface area contributed by atoms with Crippen LogP contribution >= 0.6 is 11.5 Å². The Labute approximate surface area is 203 Å². The number of nitrogen functional groups attached to an aromatic ring is 1. The summed E-state index contributed by atoms with van der Waals surface area (Å²) in [4.78, 5) is 51.6. The van der Waals surface area contributed by atoms with Gasteiger partial charge in [-0.3, -0.25) is 24.1 Å². The van der Waals surface area contributed by atoms with Gasteiger partial charge in [-0.05, 0) is 48.3 Å². The van der Waals surface area contributed by atoms with Crippen LogP contribution in [0.2, 0.25) is 0 Å². The summed E-state index contributed by atoms with van der Waals surface area (Å²) < 4.78 is 22.4. The van der Waals surface area contributed by atoms with Crippen LogP contribution in [0.5, 0.6) is 0 Å². The molecule has 0 saturated heterocycles. The van der Waals surface area contributed by atoms with Gasteiger partial charge in [0.05, 0.1) is 12.3 Å². The predicted molar refractivity (Wildman–Crippen MR) is 127 cm³/mol. The number of carbonyl (C=O) groups is 4. The molecule has 1 aromatic heterocycles. The molecule has 0 bridgehead atoms. The molecule has 0 saturated carbocycles. The fraction of sp³-hybridized carbons (Fsp3) is 0.174. The standard InChI is InChI=1S/C23H22FN5O5S/c1-2-34-16(30)12-27-22(32)19(13-8-10-14(24)11-9-13)29(15-6-4-3-5-7-15)23(33)20-17(25)18(21(26)31)28-35-20/h3-11,19H,2,12,25H2,1H3,(H2,26,31)(H,27,32)/t19-/m0/s1. The van der Waals surface area contributed by atoms with Crippen LogP contribution in [0.15, 0.2) is 54.6 Å². The molecule has 0 unspecified atom stereocenters. The predicted octanol–water partition coefficient (Wildman–Crippen LogP) is 2.03. The minimum absolute atomic E-state index is 0.118. The van der Waals surface area contributed by atoms with Gasteiger partial charge in [0.2, 0.25) is 5.91 Å². The van der Waals surface area contributed by atoms with E-state index in [0.29, 0.717) is 17.2 Å². The first-order valence-corrected chi connectivity index (χ1v) is 11.1. The highest BCUT2D eigenvalue weighted by molar-refractivity contribution is 7.09. The van der Waals surface area contributed by atoms with Crippen molar-refractivity contribution >= 4 is 46.6 Å². The molecule has 3 amide bonds. The quantitative estimate of drug-likeness (QED) is 0.380. The molecule has 0 fully saturated rings. The summed E-state index contributed by atoms with van der Waals surface area (Å²) in [6.07, 6.45) is 0. The van der Waals surface area contributed by atoms with Crippen molar-refractivity contribution in [1.29, 1.82) is 0 Å². The Morgan fingerprint density at radius 2 is 1.77 bits per heavy atom. The summed E-state index contributed by atoms with van der Waals surface area (Å²) in [6, 6.07) is 11.8. The highest BCUT2D eigenvalue weighted by Gasteiger charge is 2.36. The first-order valence-electron chi connectivity index (χ1n) is 10.4. The van der Waals surface area contributed by atoms with Gasteiger partial charge in [0.15, 0.2) is 5.69 Å². The first kappa shape index (κ1) is 25.3. The largest absolute Gasteiger partial charge is 0.465 e. The topological polar surface area (TPSA) is 158 Å². The van der Waals surface area contributed by atoms with Crippen LogP contribution in [0.1, 0.15) is 38.7 Å². The molecule has 3 aromatic rings. The Bertz CT molecular complexity index is 1230. The van der Waals surface area contributed by atoms with E-state index in [1.165, 1.54) is 12.1 Å². The molecule has 0 aliphatic rings. The average molecular weight is 500 g/mol. The molecule has 0 aliphatic carbocycles. The number of nitrogens with zero attached hydrogens (tertiary/aromatic N) is 2. The molecule has 0 aliphatic heterocycles. The molecular formula is C23H22FN5O5S. The van der Waals surface area contributed by atoms with Crippen LogP contribution in [0.25, 0.3) is 0 Å². The second-order valence-electron chi connectivity index (χ2n) is 7.13. The van der Waals surface area contributed by atoms with E-state index in [9.17, 15) is 23.6 Å². The number of hydrogen-bond acceptors (Lipinski definition) is 8. The molecule has 5 N–H and O–H groups in total. The zero-order chi connectivity index (χ0) is 25.5. The fourth-order valence-electron chi connectivity index (χ4n) is 3.24. The Balaban J connectivity index is 2.12. The monoisotopic (exact) mass is 499 g/mol. The van der Waals surface area contributed by atoms with E-state index in [4.69, 9.17) is 16.2 Å². The number of benzene rings is 2. The lowest BCUT2D eigenvalue weighted by Gasteiger charge is -2.31. The molecule has 1 atom stereocenters. The number of anilines is 2. The van der Waals surface area contributed by atoms with Crippen molar-refractivity contribution in [3.8, 4) is 0 Å². The van der Waals surface area contributed by atoms with E-state index < -0.39 is 42.1 Å². The molecule has 3 rings (SSSR count). The third kappa shape index (κ3) is 5.79. The number of esters is 1. The van der Waals surface area contributed by atoms with E-state index in [-0.39, 0.29) is 28.4 Å². The minimum atomic E-state index is -1.35. The van der Waals surface area contributed by atoms with Crippen molar-refractivity contribution in [2.24, 2.45) is 5.73 Å². The second kappa shape index (κ2) is 11.2. The van der Waals surface area contributed by atoms with Gasteiger partial charge in [0.1, 0.15) is 23.3 Å². The van der Waals surface area contributed by atoms with Crippen molar-refractivity contribution in [3.05, 3.63) is 76.5 Å². The van der Waals surface area contributed by atoms with Gasteiger partial charge in [-0.25, -0.2) is 4.39 Å². The Morgan fingerprint density at radius 1 is 1.11 bits per heavy atom. The summed E-state index contributed by atoms with van der Waals surface area (Å²) in [5.74, 6) is -3.62. The summed E-state index contributed by atoms with van der Waals surface area (Å²) in [7, 11) is 0. The number of hydrogen-bond donors (Lipinski definition) is 3. The lowest BCUT2D eigenvalue weighted by Crippen LogP contribution is -2.45. The number of carbonyl (C=O) groups excluding carboxylic acids is 4. The number of nitrogens with two attached hydrogens (primary N) is 2. The van der Waals surface area contributed by atoms with Crippen molar-refractivity contribution in [2.45, 2.75) is 13.0 Å². The van der Waals surface area contributed by atoms with Crippen LogP contribution < -0.4 is 21.7 Å². The molecular weight excluding hydrogens is 477 g/mol.